The first kappa shape index (κ1) is 16.6. The highest BCUT2D eigenvalue weighted by molar-refractivity contribution is 5.86. The summed E-state index contributed by atoms with van der Waals surface area (Å²) in [5, 5.41) is 0. The predicted molar refractivity (Wildman–Crippen MR) is 78.0 cm³/mol. The van der Waals surface area contributed by atoms with Gasteiger partial charge in [-0.05, 0) is 20.8 Å². The number of methoxy groups -OCH3 is 1. The molecular formula is C15H24N2O5. The molecule has 0 spiro atoms. The van der Waals surface area contributed by atoms with Gasteiger partial charge in [0.25, 0.3) is 0 Å². The van der Waals surface area contributed by atoms with Crippen molar-refractivity contribution < 1.29 is 23.9 Å². The van der Waals surface area contributed by atoms with Crippen molar-refractivity contribution >= 4 is 18.0 Å². The second-order valence-electron chi connectivity index (χ2n) is 6.97. The molecule has 7 heteroatoms. The van der Waals surface area contributed by atoms with Crippen LogP contribution in [0.1, 0.15) is 27.2 Å². The lowest BCUT2D eigenvalue weighted by Gasteiger charge is -2.41. The smallest absolute Gasteiger partial charge is 0.410 e. The van der Waals surface area contributed by atoms with Crippen LogP contribution < -0.4 is 0 Å². The molecule has 7 nitrogen and oxygen atoms in total. The van der Waals surface area contributed by atoms with Crippen LogP contribution in [0.3, 0.4) is 0 Å². The highest BCUT2D eigenvalue weighted by Gasteiger charge is 2.39. The monoisotopic (exact) mass is 312 g/mol. The van der Waals surface area contributed by atoms with Crippen molar-refractivity contribution in [1.82, 2.24) is 9.80 Å². The van der Waals surface area contributed by atoms with Gasteiger partial charge < -0.3 is 19.3 Å². The van der Waals surface area contributed by atoms with Gasteiger partial charge in [-0.25, -0.2) is 4.79 Å². The van der Waals surface area contributed by atoms with Gasteiger partial charge in [0.1, 0.15) is 5.60 Å². The quantitative estimate of drug-likeness (QED) is 0.723. The lowest BCUT2D eigenvalue weighted by molar-refractivity contribution is -0.145. The summed E-state index contributed by atoms with van der Waals surface area (Å²) < 4.78 is 9.97. The lowest BCUT2D eigenvalue weighted by Crippen LogP contribution is -2.55. The fourth-order valence-electron chi connectivity index (χ4n) is 2.75. The van der Waals surface area contributed by atoms with Gasteiger partial charge in [0, 0.05) is 38.5 Å². The Morgan fingerprint density at radius 3 is 2.41 bits per heavy atom. The maximum absolute atomic E-state index is 11.9. The molecule has 0 aromatic rings. The molecule has 2 amide bonds. The molecule has 0 radical (unpaired) electrons. The van der Waals surface area contributed by atoms with E-state index in [1.807, 2.05) is 20.8 Å². The summed E-state index contributed by atoms with van der Waals surface area (Å²) in [6.45, 7) is 7.65. The van der Waals surface area contributed by atoms with Gasteiger partial charge in [-0.1, -0.05) is 0 Å². The first-order valence-corrected chi connectivity index (χ1v) is 7.53. The maximum Gasteiger partial charge on any atom is 0.410 e. The van der Waals surface area contributed by atoms with Crippen molar-refractivity contribution in [2.75, 3.05) is 33.3 Å². The molecule has 0 aromatic heterocycles. The first-order valence-electron chi connectivity index (χ1n) is 7.53. The zero-order valence-corrected chi connectivity index (χ0v) is 13.6. The number of rotatable bonds is 3. The third kappa shape index (κ3) is 3.90. The minimum Gasteiger partial charge on any atom is -0.469 e. The van der Waals surface area contributed by atoms with E-state index < -0.39 is 5.60 Å². The fourth-order valence-corrected chi connectivity index (χ4v) is 2.75. The molecule has 124 valence electrons. The van der Waals surface area contributed by atoms with Crippen LogP contribution in [-0.4, -0.2) is 66.7 Å². The van der Waals surface area contributed by atoms with Crippen molar-refractivity contribution in [2.45, 2.75) is 32.8 Å². The Labute approximate surface area is 130 Å². The molecular weight excluding hydrogens is 288 g/mol. The molecule has 0 saturated carbocycles. The molecule has 1 atom stereocenters. The average molecular weight is 312 g/mol. The minimum absolute atomic E-state index is 0.0221. The molecule has 0 aromatic carbocycles. The van der Waals surface area contributed by atoms with E-state index in [0.29, 0.717) is 26.2 Å². The zero-order chi connectivity index (χ0) is 16.5. The van der Waals surface area contributed by atoms with Crippen LogP contribution >= 0.6 is 0 Å². The summed E-state index contributed by atoms with van der Waals surface area (Å²) in [4.78, 5) is 38.5. The molecule has 22 heavy (non-hydrogen) atoms. The largest absolute Gasteiger partial charge is 0.469 e. The molecule has 2 rings (SSSR count). The fraction of sp³-hybridized carbons (Fsp3) is 0.800. The third-order valence-corrected chi connectivity index (χ3v) is 3.84. The number of amides is 2. The van der Waals surface area contributed by atoms with Gasteiger partial charge in [0.15, 0.2) is 0 Å². The molecule has 2 aliphatic rings. The van der Waals surface area contributed by atoms with E-state index in [4.69, 9.17) is 4.74 Å². The van der Waals surface area contributed by atoms with E-state index >= 15 is 0 Å². The second kappa shape index (κ2) is 6.14. The second-order valence-corrected chi connectivity index (χ2v) is 6.97. The minimum atomic E-state index is -0.499. The summed E-state index contributed by atoms with van der Waals surface area (Å²) in [6, 6.07) is 0. The number of hydrogen-bond acceptors (Lipinski definition) is 5. The number of likely N-dealkylation sites (tertiary alicyclic amines) is 2. The van der Waals surface area contributed by atoms with E-state index in [-0.39, 0.29) is 36.2 Å². The van der Waals surface area contributed by atoms with Gasteiger partial charge >= 0.3 is 12.1 Å². The van der Waals surface area contributed by atoms with E-state index in [1.54, 1.807) is 9.80 Å². The Morgan fingerprint density at radius 2 is 1.86 bits per heavy atom. The maximum atomic E-state index is 11.9. The SMILES string of the molecule is COC(=O)C1CC(=O)N(CC2CN(C(=O)OC(C)(C)C)C2)C1. The van der Waals surface area contributed by atoms with Crippen molar-refractivity contribution in [3.8, 4) is 0 Å². The summed E-state index contributed by atoms with van der Waals surface area (Å²) >= 11 is 0. The molecule has 2 saturated heterocycles. The van der Waals surface area contributed by atoms with Crippen LogP contribution in [0.4, 0.5) is 4.79 Å². The predicted octanol–water partition coefficient (Wildman–Crippen LogP) is 0.875. The molecule has 2 fully saturated rings. The van der Waals surface area contributed by atoms with Crippen LogP contribution in [0.15, 0.2) is 0 Å². The van der Waals surface area contributed by atoms with Crippen LogP contribution in [0, 0.1) is 11.8 Å². The van der Waals surface area contributed by atoms with Crippen molar-refractivity contribution in [1.29, 1.82) is 0 Å². The lowest BCUT2D eigenvalue weighted by atomic mass is 10.0. The van der Waals surface area contributed by atoms with Crippen LogP contribution in [-0.2, 0) is 19.1 Å². The highest BCUT2D eigenvalue weighted by atomic mass is 16.6. The summed E-state index contributed by atoms with van der Waals surface area (Å²) in [6.07, 6.45) is -0.0984. The Balaban J connectivity index is 1.75. The molecule has 2 aliphatic heterocycles. The standard InChI is InChI=1S/C15H24N2O5/c1-15(2,3)22-14(20)17-7-10(8-17)6-16-9-11(5-12(16)18)13(19)21-4/h10-11H,5-9H2,1-4H3. The normalized spacial score (nSPS) is 22.5. The molecule has 1 unspecified atom stereocenters. The molecule has 0 bridgehead atoms. The molecule has 0 N–H and O–H groups in total. The first-order chi connectivity index (χ1) is 10.2. The number of ether oxygens (including phenoxy) is 2. The van der Waals surface area contributed by atoms with E-state index in [2.05, 4.69) is 4.74 Å². The Hall–Kier alpha value is -1.79. The van der Waals surface area contributed by atoms with E-state index in [1.165, 1.54) is 7.11 Å². The number of nitrogens with zero attached hydrogens (tertiary/aromatic N) is 2. The average Bonchev–Trinajstić information content (AvgIpc) is 2.71. The Kier molecular flexibility index (Phi) is 4.63. The number of esters is 1. The van der Waals surface area contributed by atoms with Gasteiger partial charge in [-0.15, -0.1) is 0 Å². The van der Waals surface area contributed by atoms with Crippen molar-refractivity contribution in [3.05, 3.63) is 0 Å². The number of hydrogen-bond donors (Lipinski definition) is 0. The topological polar surface area (TPSA) is 76.2 Å². The third-order valence-electron chi connectivity index (χ3n) is 3.84. The van der Waals surface area contributed by atoms with Crippen molar-refractivity contribution in [3.63, 3.8) is 0 Å². The van der Waals surface area contributed by atoms with Gasteiger partial charge in [-0.2, -0.15) is 0 Å². The highest BCUT2D eigenvalue weighted by Crippen LogP contribution is 2.25. The van der Waals surface area contributed by atoms with Gasteiger partial charge in [0.05, 0.1) is 13.0 Å². The Morgan fingerprint density at radius 1 is 1.23 bits per heavy atom. The van der Waals surface area contributed by atoms with Gasteiger partial charge in [-0.3, -0.25) is 9.59 Å². The summed E-state index contributed by atoms with van der Waals surface area (Å²) in [5.74, 6) is -0.474. The number of carbonyl (C=O) groups excluding carboxylic acids is 3. The summed E-state index contributed by atoms with van der Waals surface area (Å²) in [5.41, 5.74) is -0.499. The summed E-state index contributed by atoms with van der Waals surface area (Å²) in [7, 11) is 1.33. The molecule has 2 heterocycles. The zero-order valence-electron chi connectivity index (χ0n) is 13.6. The van der Waals surface area contributed by atoms with Crippen LogP contribution in [0.5, 0.6) is 0 Å². The number of carbonyl (C=O) groups is 3. The van der Waals surface area contributed by atoms with Crippen LogP contribution in [0.2, 0.25) is 0 Å². The van der Waals surface area contributed by atoms with E-state index in [0.717, 1.165) is 0 Å². The molecule has 0 aliphatic carbocycles. The van der Waals surface area contributed by atoms with Gasteiger partial charge in [0.2, 0.25) is 5.91 Å². The van der Waals surface area contributed by atoms with Crippen molar-refractivity contribution in [2.24, 2.45) is 11.8 Å². The van der Waals surface area contributed by atoms with Crippen LogP contribution in [0.25, 0.3) is 0 Å². The Bertz CT molecular complexity index is 465. The van der Waals surface area contributed by atoms with E-state index in [9.17, 15) is 14.4 Å².